The third-order valence-electron chi connectivity index (χ3n) is 3.43. The Kier molecular flexibility index (Phi) is 4.30. The fourth-order valence-corrected chi connectivity index (χ4v) is 3.37. The van der Waals surface area contributed by atoms with Crippen LogP contribution in [0.2, 0.25) is 0 Å². The van der Waals surface area contributed by atoms with E-state index >= 15 is 0 Å². The van der Waals surface area contributed by atoms with Gasteiger partial charge in [0.2, 0.25) is 0 Å². The number of ether oxygens (including phenoxy) is 2. The largest absolute Gasteiger partial charge is 0.490 e. The lowest BCUT2D eigenvalue weighted by atomic mass is 10.2. The molecule has 2 aromatic carbocycles. The van der Waals surface area contributed by atoms with E-state index in [1.54, 1.807) is 6.07 Å². The van der Waals surface area contributed by atoms with Gasteiger partial charge in [-0.15, -0.1) is 0 Å². The molecule has 0 saturated carbocycles. The average molecular weight is 349 g/mol. The van der Waals surface area contributed by atoms with Crippen LogP contribution >= 0.6 is 0 Å². The summed E-state index contributed by atoms with van der Waals surface area (Å²) in [5, 5.41) is 9.15. The van der Waals surface area contributed by atoms with Gasteiger partial charge < -0.3 is 14.6 Å². The third kappa shape index (κ3) is 3.28. The lowest BCUT2D eigenvalue weighted by molar-refractivity contribution is 0.0698. The summed E-state index contributed by atoms with van der Waals surface area (Å²) >= 11 is 0. The molecule has 7 nitrogen and oxygen atoms in total. The molecule has 8 heteroatoms. The smallest absolute Gasteiger partial charge is 0.337 e. The SMILES string of the molecule is O=C(O)c1ccccc1NS(=O)(=O)c1ccc2c(c1)OCCCO2. The summed E-state index contributed by atoms with van der Waals surface area (Å²) in [5.41, 5.74) is -0.132. The van der Waals surface area contributed by atoms with Crippen molar-refractivity contribution in [3.8, 4) is 11.5 Å². The Morgan fingerprint density at radius 1 is 1.04 bits per heavy atom. The van der Waals surface area contributed by atoms with E-state index in [1.165, 1.54) is 36.4 Å². The molecule has 2 N–H and O–H groups in total. The van der Waals surface area contributed by atoms with Gasteiger partial charge in [0.05, 0.1) is 29.4 Å². The maximum atomic E-state index is 12.5. The first-order chi connectivity index (χ1) is 11.5. The van der Waals surface area contributed by atoms with E-state index in [9.17, 15) is 13.2 Å². The van der Waals surface area contributed by atoms with Gasteiger partial charge in [-0.2, -0.15) is 0 Å². The zero-order valence-corrected chi connectivity index (χ0v) is 13.4. The highest BCUT2D eigenvalue weighted by Crippen LogP contribution is 2.32. The van der Waals surface area contributed by atoms with Crippen LogP contribution in [0.4, 0.5) is 5.69 Å². The molecule has 3 rings (SSSR count). The van der Waals surface area contributed by atoms with Crippen molar-refractivity contribution in [2.24, 2.45) is 0 Å². The standard InChI is InChI=1S/C16H15NO6S/c18-16(19)12-4-1-2-5-13(12)17-24(20,21)11-6-7-14-15(10-11)23-9-3-8-22-14/h1-2,4-7,10,17H,3,8-9H2,(H,18,19). The van der Waals surface area contributed by atoms with Crippen molar-refractivity contribution in [2.75, 3.05) is 17.9 Å². The van der Waals surface area contributed by atoms with Crippen molar-refractivity contribution in [1.29, 1.82) is 0 Å². The number of aromatic carboxylic acids is 1. The van der Waals surface area contributed by atoms with E-state index < -0.39 is 16.0 Å². The summed E-state index contributed by atoms with van der Waals surface area (Å²) in [4.78, 5) is 11.2. The highest BCUT2D eigenvalue weighted by atomic mass is 32.2. The Hall–Kier alpha value is -2.74. The number of rotatable bonds is 4. The monoisotopic (exact) mass is 349 g/mol. The summed E-state index contributed by atoms with van der Waals surface area (Å²) in [6, 6.07) is 10.1. The minimum Gasteiger partial charge on any atom is -0.490 e. The summed E-state index contributed by atoms with van der Waals surface area (Å²) in [5.74, 6) is -0.383. The lowest BCUT2D eigenvalue weighted by Crippen LogP contribution is -2.15. The molecular formula is C16H15NO6S. The van der Waals surface area contributed by atoms with Crippen LogP contribution in [0.3, 0.4) is 0 Å². The van der Waals surface area contributed by atoms with Crippen molar-refractivity contribution < 1.29 is 27.8 Å². The lowest BCUT2D eigenvalue weighted by Gasteiger charge is -2.12. The molecule has 126 valence electrons. The molecule has 1 aliphatic heterocycles. The number of carbonyl (C=O) groups is 1. The molecule has 0 spiro atoms. The topological polar surface area (TPSA) is 102 Å². The molecule has 0 atom stereocenters. The fourth-order valence-electron chi connectivity index (χ4n) is 2.27. The molecule has 1 heterocycles. The first kappa shape index (κ1) is 16.1. The Bertz CT molecular complexity index is 878. The number of fused-ring (bicyclic) bond motifs is 1. The Labute approximate surface area is 138 Å². The Balaban J connectivity index is 1.94. The number of anilines is 1. The fraction of sp³-hybridized carbons (Fsp3) is 0.188. The average Bonchev–Trinajstić information content (AvgIpc) is 2.79. The van der Waals surface area contributed by atoms with Crippen LogP contribution in [0.25, 0.3) is 0 Å². The Morgan fingerprint density at radius 2 is 1.75 bits per heavy atom. The van der Waals surface area contributed by atoms with Crippen LogP contribution in [0, 0.1) is 0 Å². The van der Waals surface area contributed by atoms with E-state index in [2.05, 4.69) is 4.72 Å². The highest BCUT2D eigenvalue weighted by Gasteiger charge is 2.21. The number of hydrogen-bond donors (Lipinski definition) is 2. The molecule has 0 aliphatic carbocycles. The summed E-state index contributed by atoms with van der Waals surface area (Å²) in [7, 11) is -3.96. The normalized spacial score (nSPS) is 13.8. The summed E-state index contributed by atoms with van der Waals surface area (Å²) < 4.78 is 38.3. The number of carboxylic acids is 1. The second kappa shape index (κ2) is 6.40. The molecule has 0 amide bonds. The van der Waals surface area contributed by atoms with E-state index in [0.29, 0.717) is 31.1 Å². The van der Waals surface area contributed by atoms with Crippen LogP contribution in [0.15, 0.2) is 47.4 Å². The second-order valence-corrected chi connectivity index (χ2v) is 6.80. The van der Waals surface area contributed by atoms with Gasteiger partial charge in [0.1, 0.15) is 0 Å². The van der Waals surface area contributed by atoms with Crippen molar-refractivity contribution in [3.05, 3.63) is 48.0 Å². The van der Waals surface area contributed by atoms with Gasteiger partial charge in [-0.25, -0.2) is 13.2 Å². The van der Waals surface area contributed by atoms with Crippen molar-refractivity contribution >= 4 is 21.7 Å². The first-order valence-electron chi connectivity index (χ1n) is 7.22. The minimum absolute atomic E-state index is 0.00267. The van der Waals surface area contributed by atoms with E-state index in [0.717, 1.165) is 0 Å². The quantitative estimate of drug-likeness (QED) is 0.878. The summed E-state index contributed by atoms with van der Waals surface area (Å²) in [6.45, 7) is 0.940. The molecule has 24 heavy (non-hydrogen) atoms. The molecule has 0 bridgehead atoms. The minimum atomic E-state index is -3.96. The number of benzene rings is 2. The van der Waals surface area contributed by atoms with E-state index in [1.807, 2.05) is 0 Å². The number of nitrogens with one attached hydrogen (secondary N) is 1. The van der Waals surface area contributed by atoms with Crippen molar-refractivity contribution in [3.63, 3.8) is 0 Å². The predicted octanol–water partition coefficient (Wildman–Crippen LogP) is 2.35. The van der Waals surface area contributed by atoms with E-state index in [-0.39, 0.29) is 16.1 Å². The molecule has 1 aliphatic rings. The van der Waals surface area contributed by atoms with Gasteiger partial charge in [-0.3, -0.25) is 4.72 Å². The van der Waals surface area contributed by atoms with Crippen molar-refractivity contribution in [1.82, 2.24) is 0 Å². The molecule has 2 aromatic rings. The van der Waals surface area contributed by atoms with Crippen LogP contribution in [0.5, 0.6) is 11.5 Å². The number of hydrogen-bond acceptors (Lipinski definition) is 5. The van der Waals surface area contributed by atoms with Gasteiger partial charge in [-0.1, -0.05) is 12.1 Å². The number of para-hydroxylation sites is 1. The number of carboxylic acid groups (broad SMARTS) is 1. The maximum absolute atomic E-state index is 12.5. The molecular weight excluding hydrogens is 334 g/mol. The zero-order valence-electron chi connectivity index (χ0n) is 12.6. The third-order valence-corrected chi connectivity index (χ3v) is 4.79. The maximum Gasteiger partial charge on any atom is 0.337 e. The zero-order chi connectivity index (χ0) is 17.2. The molecule has 0 aromatic heterocycles. The number of sulfonamides is 1. The van der Waals surface area contributed by atoms with Gasteiger partial charge in [-0.05, 0) is 24.3 Å². The van der Waals surface area contributed by atoms with Gasteiger partial charge in [0.15, 0.2) is 11.5 Å². The van der Waals surface area contributed by atoms with Crippen LogP contribution in [-0.4, -0.2) is 32.7 Å². The van der Waals surface area contributed by atoms with Crippen LogP contribution < -0.4 is 14.2 Å². The molecule has 0 fully saturated rings. The molecule has 0 unspecified atom stereocenters. The Morgan fingerprint density at radius 3 is 2.50 bits per heavy atom. The van der Waals surface area contributed by atoms with Gasteiger partial charge in [0.25, 0.3) is 10.0 Å². The van der Waals surface area contributed by atoms with Crippen molar-refractivity contribution in [2.45, 2.75) is 11.3 Å². The second-order valence-electron chi connectivity index (χ2n) is 5.12. The molecule has 0 radical (unpaired) electrons. The first-order valence-corrected chi connectivity index (χ1v) is 8.70. The van der Waals surface area contributed by atoms with Gasteiger partial charge in [0, 0.05) is 12.5 Å². The molecule has 0 saturated heterocycles. The van der Waals surface area contributed by atoms with Crippen LogP contribution in [-0.2, 0) is 10.0 Å². The van der Waals surface area contributed by atoms with Crippen LogP contribution in [0.1, 0.15) is 16.8 Å². The van der Waals surface area contributed by atoms with E-state index in [4.69, 9.17) is 14.6 Å². The van der Waals surface area contributed by atoms with Gasteiger partial charge >= 0.3 is 5.97 Å². The predicted molar refractivity (Wildman–Crippen MR) is 86.3 cm³/mol. The summed E-state index contributed by atoms with van der Waals surface area (Å²) in [6.07, 6.45) is 0.709. The highest BCUT2D eigenvalue weighted by molar-refractivity contribution is 7.92.